The largest absolute Gasteiger partial charge is 0.348 e. The van der Waals surface area contributed by atoms with Gasteiger partial charge >= 0.3 is 0 Å². The molecule has 0 unspecified atom stereocenters. The van der Waals surface area contributed by atoms with Crippen LogP contribution in [0.25, 0.3) is 0 Å². The molecule has 0 radical (unpaired) electrons. The van der Waals surface area contributed by atoms with Gasteiger partial charge in [0.15, 0.2) is 5.79 Å². The minimum absolute atomic E-state index is 0.0802. The summed E-state index contributed by atoms with van der Waals surface area (Å²) in [5.41, 5.74) is 1.46. The SMILES string of the molecule is CC(C)CC#CC1(Cc2ccccc2)CCC2(CC1)OCCO2. The van der Waals surface area contributed by atoms with Crippen LogP contribution >= 0.6 is 0 Å². The molecule has 1 saturated heterocycles. The van der Waals surface area contributed by atoms with Crippen molar-refractivity contribution in [2.24, 2.45) is 11.3 Å². The summed E-state index contributed by atoms with van der Waals surface area (Å²) in [6.45, 7) is 5.94. The van der Waals surface area contributed by atoms with Gasteiger partial charge < -0.3 is 9.47 Å². The fraction of sp³-hybridized carbons (Fsp3) is 0.619. The molecule has 0 amide bonds. The fourth-order valence-electron chi connectivity index (χ4n) is 3.67. The molecular weight excluding hydrogens is 284 g/mol. The predicted molar refractivity (Wildman–Crippen MR) is 92.9 cm³/mol. The molecule has 2 fully saturated rings. The van der Waals surface area contributed by atoms with Crippen LogP contribution in [0.5, 0.6) is 0 Å². The highest BCUT2D eigenvalue weighted by Crippen LogP contribution is 2.46. The summed E-state index contributed by atoms with van der Waals surface area (Å²) in [5.74, 6) is 7.45. The van der Waals surface area contributed by atoms with E-state index in [1.807, 2.05) is 0 Å². The van der Waals surface area contributed by atoms with Crippen LogP contribution in [0.1, 0.15) is 51.5 Å². The Morgan fingerprint density at radius 3 is 2.26 bits per heavy atom. The van der Waals surface area contributed by atoms with Crippen LogP contribution in [0.4, 0.5) is 0 Å². The normalized spacial score (nSPS) is 22.0. The average molecular weight is 312 g/mol. The molecule has 0 bridgehead atoms. The summed E-state index contributed by atoms with van der Waals surface area (Å²) in [6.07, 6.45) is 6.08. The van der Waals surface area contributed by atoms with E-state index in [1.54, 1.807) is 0 Å². The highest BCUT2D eigenvalue weighted by Gasteiger charge is 2.45. The van der Waals surface area contributed by atoms with Crippen LogP contribution in [0.2, 0.25) is 0 Å². The van der Waals surface area contributed by atoms with E-state index < -0.39 is 0 Å². The van der Waals surface area contributed by atoms with Gasteiger partial charge in [-0.2, -0.15) is 0 Å². The van der Waals surface area contributed by atoms with Crippen molar-refractivity contribution in [1.82, 2.24) is 0 Å². The van der Waals surface area contributed by atoms with E-state index in [-0.39, 0.29) is 11.2 Å². The van der Waals surface area contributed by atoms with Crippen molar-refractivity contribution in [3.8, 4) is 11.8 Å². The summed E-state index contributed by atoms with van der Waals surface area (Å²) >= 11 is 0. The third-order valence-corrected chi connectivity index (χ3v) is 5.03. The second-order valence-electron chi connectivity index (χ2n) is 7.45. The van der Waals surface area contributed by atoms with Gasteiger partial charge in [-0.25, -0.2) is 0 Å². The molecule has 0 N–H and O–H groups in total. The lowest BCUT2D eigenvalue weighted by Gasteiger charge is -2.41. The molecule has 3 rings (SSSR count). The zero-order chi connectivity index (χ0) is 16.2. The second-order valence-corrected chi connectivity index (χ2v) is 7.45. The van der Waals surface area contributed by atoms with E-state index in [2.05, 4.69) is 56.0 Å². The number of hydrogen-bond acceptors (Lipinski definition) is 2. The number of hydrogen-bond donors (Lipinski definition) is 0. The maximum absolute atomic E-state index is 5.90. The monoisotopic (exact) mass is 312 g/mol. The van der Waals surface area contributed by atoms with Crippen LogP contribution in [-0.4, -0.2) is 19.0 Å². The molecule has 2 nitrogen and oxygen atoms in total. The first-order valence-electron chi connectivity index (χ1n) is 8.93. The zero-order valence-corrected chi connectivity index (χ0v) is 14.4. The standard InChI is InChI=1S/C21H28O2/c1-18(2)7-6-10-20(17-19-8-4-3-5-9-19)11-13-21(14-12-20)22-15-16-23-21/h3-5,8-9,18H,7,11-17H2,1-2H3. The van der Waals surface area contributed by atoms with Gasteiger partial charge in [0.1, 0.15) is 0 Å². The first-order valence-corrected chi connectivity index (χ1v) is 8.93. The Labute approximate surface area is 140 Å². The Morgan fingerprint density at radius 2 is 1.65 bits per heavy atom. The van der Waals surface area contributed by atoms with E-state index >= 15 is 0 Å². The van der Waals surface area contributed by atoms with E-state index in [0.717, 1.165) is 51.7 Å². The van der Waals surface area contributed by atoms with Gasteiger partial charge in [0.05, 0.1) is 13.2 Å². The quantitative estimate of drug-likeness (QED) is 0.761. The lowest BCUT2D eigenvalue weighted by atomic mass is 9.69. The first-order chi connectivity index (χ1) is 11.1. The molecule has 0 aromatic heterocycles. The van der Waals surface area contributed by atoms with E-state index in [4.69, 9.17) is 9.47 Å². The molecule has 2 aliphatic rings. The van der Waals surface area contributed by atoms with Gasteiger partial charge in [-0.1, -0.05) is 50.1 Å². The van der Waals surface area contributed by atoms with Crippen molar-refractivity contribution in [3.05, 3.63) is 35.9 Å². The summed E-state index contributed by atoms with van der Waals surface area (Å²) in [7, 11) is 0. The van der Waals surface area contributed by atoms with E-state index in [1.165, 1.54) is 5.56 Å². The number of ether oxygens (including phenoxy) is 2. The van der Waals surface area contributed by atoms with Gasteiger partial charge in [-0.15, -0.1) is 5.92 Å². The Balaban J connectivity index is 1.75. The van der Waals surface area contributed by atoms with Gasteiger partial charge in [0.25, 0.3) is 0 Å². The van der Waals surface area contributed by atoms with Crippen molar-refractivity contribution >= 4 is 0 Å². The van der Waals surface area contributed by atoms with Crippen LogP contribution in [0.3, 0.4) is 0 Å². The molecule has 0 atom stereocenters. The van der Waals surface area contributed by atoms with E-state index in [9.17, 15) is 0 Å². The zero-order valence-electron chi connectivity index (χ0n) is 14.4. The lowest BCUT2D eigenvalue weighted by Crippen LogP contribution is -2.40. The molecule has 1 aromatic rings. The van der Waals surface area contributed by atoms with Crippen LogP contribution in [0, 0.1) is 23.2 Å². The van der Waals surface area contributed by atoms with Crippen LogP contribution in [-0.2, 0) is 15.9 Å². The smallest absolute Gasteiger partial charge is 0.168 e. The van der Waals surface area contributed by atoms with Crippen LogP contribution < -0.4 is 0 Å². The van der Waals surface area contributed by atoms with Gasteiger partial charge in [0, 0.05) is 24.7 Å². The Kier molecular flexibility index (Phi) is 5.09. The molecular formula is C21H28O2. The van der Waals surface area contributed by atoms with Crippen molar-refractivity contribution in [3.63, 3.8) is 0 Å². The maximum atomic E-state index is 5.90. The molecule has 1 aliphatic heterocycles. The summed E-state index contributed by atoms with van der Waals surface area (Å²) in [6, 6.07) is 10.8. The van der Waals surface area contributed by atoms with Crippen molar-refractivity contribution in [1.29, 1.82) is 0 Å². The van der Waals surface area contributed by atoms with Gasteiger partial charge in [0.2, 0.25) is 0 Å². The lowest BCUT2D eigenvalue weighted by molar-refractivity contribution is -0.187. The minimum Gasteiger partial charge on any atom is -0.348 e. The molecule has 1 aromatic carbocycles. The molecule has 1 spiro atoms. The summed E-state index contributed by atoms with van der Waals surface area (Å²) in [4.78, 5) is 0. The topological polar surface area (TPSA) is 18.5 Å². The Hall–Kier alpha value is -1.30. The molecule has 1 saturated carbocycles. The highest BCUT2D eigenvalue weighted by molar-refractivity contribution is 5.23. The van der Waals surface area contributed by atoms with Crippen molar-refractivity contribution < 1.29 is 9.47 Å². The first kappa shape index (κ1) is 16.6. The molecule has 23 heavy (non-hydrogen) atoms. The molecule has 1 heterocycles. The number of benzene rings is 1. The second kappa shape index (κ2) is 7.07. The number of rotatable bonds is 3. The molecule has 2 heteroatoms. The fourth-order valence-corrected chi connectivity index (χ4v) is 3.67. The third-order valence-electron chi connectivity index (χ3n) is 5.03. The van der Waals surface area contributed by atoms with Gasteiger partial charge in [-0.3, -0.25) is 0 Å². The maximum Gasteiger partial charge on any atom is 0.168 e. The summed E-state index contributed by atoms with van der Waals surface area (Å²) < 4.78 is 11.8. The van der Waals surface area contributed by atoms with E-state index in [0.29, 0.717) is 5.92 Å². The highest BCUT2D eigenvalue weighted by atomic mass is 16.7. The van der Waals surface area contributed by atoms with Crippen LogP contribution in [0.15, 0.2) is 30.3 Å². The Morgan fingerprint density at radius 1 is 1.00 bits per heavy atom. The third kappa shape index (κ3) is 4.16. The molecule has 124 valence electrons. The minimum atomic E-state index is -0.306. The average Bonchev–Trinajstić information content (AvgIpc) is 3.00. The Bertz CT molecular complexity index is 548. The predicted octanol–water partition coefficient (Wildman–Crippen LogP) is 4.58. The van der Waals surface area contributed by atoms with Crippen molar-refractivity contribution in [2.75, 3.05) is 13.2 Å². The van der Waals surface area contributed by atoms with Gasteiger partial charge in [-0.05, 0) is 30.7 Å². The summed E-state index contributed by atoms with van der Waals surface area (Å²) in [5, 5.41) is 0. The molecule has 1 aliphatic carbocycles. The van der Waals surface area contributed by atoms with Crippen molar-refractivity contribution in [2.45, 2.75) is 58.2 Å².